The summed E-state index contributed by atoms with van der Waals surface area (Å²) in [6.07, 6.45) is 2.13. The number of likely N-dealkylation sites (tertiary alicyclic amines) is 1. The van der Waals surface area contributed by atoms with Crippen LogP contribution in [0, 0.1) is 19.8 Å². The first kappa shape index (κ1) is 20.7. The maximum atomic E-state index is 14.5. The van der Waals surface area contributed by atoms with Crippen LogP contribution in [0.2, 0.25) is 0 Å². The summed E-state index contributed by atoms with van der Waals surface area (Å²) in [7, 11) is 0. The number of ketones is 1. The zero-order chi connectivity index (χ0) is 22.4. The second-order valence-electron chi connectivity index (χ2n) is 8.12. The van der Waals surface area contributed by atoms with Gasteiger partial charge >= 0.3 is 0 Å². The van der Waals surface area contributed by atoms with E-state index in [1.165, 1.54) is 6.07 Å². The van der Waals surface area contributed by atoms with Crippen LogP contribution in [-0.2, 0) is 4.79 Å². The summed E-state index contributed by atoms with van der Waals surface area (Å²) in [4.78, 5) is 21.9. The SMILES string of the molecule is Cc1c(C)n(-c2cc(F)nc(O[C@@H]3CCN(C4=C(Cl)C(=O)CN=C4)C3)c2)c2ccccc12. The zero-order valence-corrected chi connectivity index (χ0v) is 18.6. The van der Waals surface area contributed by atoms with Crippen molar-refractivity contribution in [3.05, 3.63) is 64.3 Å². The van der Waals surface area contributed by atoms with Gasteiger partial charge in [0.2, 0.25) is 11.8 Å². The fourth-order valence-corrected chi connectivity index (χ4v) is 4.66. The number of rotatable bonds is 4. The molecule has 0 N–H and O–H groups in total. The van der Waals surface area contributed by atoms with Gasteiger partial charge in [0.05, 0.1) is 23.4 Å². The molecule has 0 saturated carbocycles. The molecule has 1 saturated heterocycles. The minimum Gasteiger partial charge on any atom is -0.472 e. The molecule has 0 bridgehead atoms. The molecule has 1 atom stereocenters. The molecule has 164 valence electrons. The Morgan fingerprint density at radius 1 is 1.22 bits per heavy atom. The van der Waals surface area contributed by atoms with E-state index in [1.807, 2.05) is 34.6 Å². The Kier molecular flexibility index (Phi) is 5.21. The number of aryl methyl sites for hydroxylation is 1. The highest BCUT2D eigenvalue weighted by Gasteiger charge is 2.29. The van der Waals surface area contributed by atoms with Gasteiger partial charge in [-0.1, -0.05) is 29.8 Å². The van der Waals surface area contributed by atoms with Gasteiger partial charge in [-0.3, -0.25) is 9.79 Å². The molecule has 4 heterocycles. The maximum absolute atomic E-state index is 14.5. The molecule has 0 unspecified atom stereocenters. The van der Waals surface area contributed by atoms with Crippen LogP contribution >= 0.6 is 11.6 Å². The van der Waals surface area contributed by atoms with E-state index in [4.69, 9.17) is 16.3 Å². The lowest BCUT2D eigenvalue weighted by Gasteiger charge is -2.22. The van der Waals surface area contributed by atoms with Crippen LogP contribution in [0.25, 0.3) is 16.6 Å². The standard InChI is InChI=1S/C24H22ClFN4O2/c1-14-15(2)30(19-6-4-3-5-18(14)19)16-9-22(26)28-23(10-16)32-17-7-8-29(13-17)20-11-27-12-21(31)24(20)25/h3-6,9-11,17H,7-8,12-13H2,1-2H3/t17-/m1/s1. The van der Waals surface area contributed by atoms with E-state index >= 15 is 0 Å². The van der Waals surface area contributed by atoms with E-state index < -0.39 is 5.95 Å². The number of aliphatic imine (C=N–C) groups is 1. The minimum atomic E-state index is -0.599. The number of carbonyl (C=O) groups excluding carboxylic acids is 1. The monoisotopic (exact) mass is 452 g/mol. The van der Waals surface area contributed by atoms with Crippen molar-refractivity contribution in [2.45, 2.75) is 26.4 Å². The van der Waals surface area contributed by atoms with E-state index in [9.17, 15) is 9.18 Å². The van der Waals surface area contributed by atoms with Crippen LogP contribution in [0.5, 0.6) is 5.88 Å². The number of halogens is 2. The number of allylic oxidation sites excluding steroid dienone is 1. The highest BCUT2D eigenvalue weighted by atomic mass is 35.5. The van der Waals surface area contributed by atoms with Gasteiger partial charge in [0.25, 0.3) is 0 Å². The van der Waals surface area contributed by atoms with Crippen LogP contribution in [0.15, 0.2) is 52.1 Å². The summed E-state index contributed by atoms with van der Waals surface area (Å²) in [5.74, 6) is -0.553. The smallest absolute Gasteiger partial charge is 0.218 e. The summed E-state index contributed by atoms with van der Waals surface area (Å²) < 4.78 is 22.6. The topological polar surface area (TPSA) is 59.7 Å². The number of benzene rings is 1. The normalized spacial score (nSPS) is 18.8. The van der Waals surface area contributed by atoms with Crippen LogP contribution in [0.4, 0.5) is 4.39 Å². The van der Waals surface area contributed by atoms with Crippen molar-refractivity contribution in [2.75, 3.05) is 19.6 Å². The molecule has 2 aliphatic heterocycles. The van der Waals surface area contributed by atoms with Crippen LogP contribution in [-0.4, -0.2) is 52.2 Å². The van der Waals surface area contributed by atoms with E-state index in [0.29, 0.717) is 30.9 Å². The number of dihydropyridines is 1. The molecule has 0 radical (unpaired) electrons. The number of ether oxygens (including phenoxy) is 1. The maximum Gasteiger partial charge on any atom is 0.218 e. The van der Waals surface area contributed by atoms with E-state index in [-0.39, 0.29) is 29.3 Å². The Morgan fingerprint density at radius 2 is 2.03 bits per heavy atom. The molecule has 0 amide bonds. The Balaban J connectivity index is 1.42. The van der Waals surface area contributed by atoms with Gasteiger partial charge in [0.15, 0.2) is 5.78 Å². The minimum absolute atomic E-state index is 0.0824. The fourth-order valence-electron chi connectivity index (χ4n) is 4.43. The fraction of sp³-hybridized carbons (Fsp3) is 0.292. The zero-order valence-electron chi connectivity index (χ0n) is 17.8. The molecule has 1 aromatic carbocycles. The predicted octanol–water partition coefficient (Wildman–Crippen LogP) is 4.34. The second-order valence-corrected chi connectivity index (χ2v) is 8.49. The van der Waals surface area contributed by atoms with Gasteiger partial charge in [0.1, 0.15) is 17.7 Å². The summed E-state index contributed by atoms with van der Waals surface area (Å²) in [5.41, 5.74) is 4.49. The summed E-state index contributed by atoms with van der Waals surface area (Å²) in [6, 6.07) is 11.2. The molecule has 0 spiro atoms. The Bertz CT molecular complexity index is 1300. The number of pyridine rings is 1. The number of carbonyl (C=O) groups is 1. The molecule has 8 heteroatoms. The number of aromatic nitrogens is 2. The number of hydrogen-bond donors (Lipinski definition) is 0. The number of hydrogen-bond acceptors (Lipinski definition) is 5. The molecule has 1 fully saturated rings. The molecule has 2 aromatic heterocycles. The van der Waals surface area contributed by atoms with Gasteiger partial charge in [-0.15, -0.1) is 0 Å². The van der Waals surface area contributed by atoms with Gasteiger partial charge in [-0.2, -0.15) is 9.37 Å². The first-order chi connectivity index (χ1) is 15.4. The molecule has 3 aromatic rings. The number of Topliss-reactive ketones (excluding diaryl/α,β-unsaturated/α-hetero) is 1. The van der Waals surface area contributed by atoms with Crippen molar-refractivity contribution in [1.29, 1.82) is 0 Å². The van der Waals surface area contributed by atoms with Gasteiger partial charge in [-0.05, 0) is 25.5 Å². The van der Waals surface area contributed by atoms with Gasteiger partial charge in [0, 0.05) is 42.4 Å². The number of para-hydroxylation sites is 1. The highest BCUT2D eigenvalue weighted by Crippen LogP contribution is 2.30. The third-order valence-electron chi connectivity index (χ3n) is 6.13. The number of nitrogens with zero attached hydrogens (tertiary/aromatic N) is 4. The van der Waals surface area contributed by atoms with Crippen molar-refractivity contribution in [2.24, 2.45) is 4.99 Å². The molecule has 6 nitrogen and oxygen atoms in total. The quantitative estimate of drug-likeness (QED) is 0.552. The Morgan fingerprint density at radius 3 is 2.88 bits per heavy atom. The van der Waals surface area contributed by atoms with Crippen molar-refractivity contribution in [3.63, 3.8) is 0 Å². The average molecular weight is 453 g/mol. The lowest BCUT2D eigenvalue weighted by Crippen LogP contribution is -2.28. The predicted molar refractivity (Wildman–Crippen MR) is 122 cm³/mol. The third-order valence-corrected chi connectivity index (χ3v) is 6.54. The molecular formula is C24H22ClFN4O2. The van der Waals surface area contributed by atoms with Crippen LogP contribution in [0.1, 0.15) is 17.7 Å². The van der Waals surface area contributed by atoms with Crippen molar-refractivity contribution >= 4 is 34.5 Å². The van der Waals surface area contributed by atoms with E-state index in [1.54, 1.807) is 12.3 Å². The lowest BCUT2D eigenvalue weighted by molar-refractivity contribution is -0.113. The first-order valence-electron chi connectivity index (χ1n) is 10.5. The molecule has 0 aliphatic carbocycles. The third kappa shape index (κ3) is 3.56. The van der Waals surface area contributed by atoms with Gasteiger partial charge < -0.3 is 14.2 Å². The first-order valence-corrected chi connectivity index (χ1v) is 10.9. The Hall–Kier alpha value is -3.19. The van der Waals surface area contributed by atoms with Gasteiger partial charge in [-0.25, -0.2) is 0 Å². The molecule has 32 heavy (non-hydrogen) atoms. The Labute approximate surface area is 190 Å². The largest absolute Gasteiger partial charge is 0.472 e. The van der Waals surface area contributed by atoms with Crippen molar-refractivity contribution in [1.82, 2.24) is 14.5 Å². The lowest BCUT2D eigenvalue weighted by atomic mass is 10.2. The van der Waals surface area contributed by atoms with E-state index in [0.717, 1.165) is 22.2 Å². The van der Waals surface area contributed by atoms with Crippen molar-refractivity contribution < 1.29 is 13.9 Å². The second kappa shape index (κ2) is 8.06. The summed E-state index contributed by atoms with van der Waals surface area (Å²) >= 11 is 6.19. The average Bonchev–Trinajstić information content (AvgIpc) is 3.32. The highest BCUT2D eigenvalue weighted by molar-refractivity contribution is 6.44. The van der Waals surface area contributed by atoms with Crippen LogP contribution in [0.3, 0.4) is 0 Å². The number of fused-ring (bicyclic) bond motifs is 1. The molecule has 2 aliphatic rings. The van der Waals surface area contributed by atoms with Crippen LogP contribution < -0.4 is 4.74 Å². The molecule has 5 rings (SSSR count). The van der Waals surface area contributed by atoms with Crippen molar-refractivity contribution in [3.8, 4) is 11.6 Å². The summed E-state index contributed by atoms with van der Waals surface area (Å²) in [6.45, 7) is 5.35. The summed E-state index contributed by atoms with van der Waals surface area (Å²) in [5, 5.41) is 1.34. The molecular weight excluding hydrogens is 431 g/mol. The van der Waals surface area contributed by atoms with E-state index in [2.05, 4.69) is 23.0 Å².